The number of aliphatic hydroxyl groups is 1. The van der Waals surface area contributed by atoms with Crippen molar-refractivity contribution in [1.82, 2.24) is 30.4 Å². The van der Waals surface area contributed by atoms with Gasteiger partial charge in [0.05, 0.1) is 19.3 Å². The van der Waals surface area contributed by atoms with Crippen LogP contribution in [0, 0.1) is 23.7 Å². The van der Waals surface area contributed by atoms with E-state index in [2.05, 4.69) is 20.7 Å². The molecule has 1 aromatic carbocycles. The summed E-state index contributed by atoms with van der Waals surface area (Å²) in [6.07, 6.45) is 8.09. The number of carbonyl (C=O) groups excluding carboxylic acids is 1. The standard InChI is InChI=1S/C26H36N6O3/c1-31-29-24(28-30-31)19-2-4-22(5-3-19)35-11-8-17-6-9-32(10-7-17)25(33)27-23-20-12-18-13-21(23)16-26(34,14-18)15-20/h2-5,17-18,20-21,23,34H,6-16H2,1H3,(H,27,33)/t18?,20-,21?,23?,26?/m0/s1. The van der Waals surface area contributed by atoms with Gasteiger partial charge in [0.1, 0.15) is 5.75 Å². The molecule has 2 heterocycles. The molecule has 0 radical (unpaired) electrons. The summed E-state index contributed by atoms with van der Waals surface area (Å²) >= 11 is 0. The smallest absolute Gasteiger partial charge is 0.317 e. The Morgan fingerprint density at radius 2 is 1.86 bits per heavy atom. The van der Waals surface area contributed by atoms with Crippen LogP contribution < -0.4 is 10.1 Å². The molecule has 5 fully saturated rings. The molecule has 35 heavy (non-hydrogen) atoms. The van der Waals surface area contributed by atoms with Crippen LogP contribution in [0.2, 0.25) is 0 Å². The normalized spacial score (nSPS) is 32.1. The number of rotatable bonds is 6. The summed E-state index contributed by atoms with van der Waals surface area (Å²) in [5.41, 5.74) is 0.467. The molecule has 2 N–H and O–H groups in total. The van der Waals surface area contributed by atoms with Gasteiger partial charge in [-0.25, -0.2) is 4.79 Å². The number of urea groups is 1. The molecule has 2 aromatic rings. The molecule has 4 aliphatic carbocycles. The lowest BCUT2D eigenvalue weighted by atomic mass is 9.52. The molecule has 4 saturated carbocycles. The predicted octanol–water partition coefficient (Wildman–Crippen LogP) is 3.01. The van der Waals surface area contributed by atoms with Gasteiger partial charge in [-0.05, 0) is 105 Å². The van der Waals surface area contributed by atoms with Gasteiger partial charge in [-0.3, -0.25) is 0 Å². The van der Waals surface area contributed by atoms with Crippen LogP contribution in [-0.4, -0.2) is 67.6 Å². The number of amides is 2. The van der Waals surface area contributed by atoms with Crippen molar-refractivity contribution in [3.63, 3.8) is 0 Å². The highest BCUT2D eigenvalue weighted by atomic mass is 16.5. The van der Waals surface area contributed by atoms with Crippen LogP contribution >= 0.6 is 0 Å². The average molecular weight is 481 g/mol. The van der Waals surface area contributed by atoms with E-state index in [1.165, 1.54) is 17.6 Å². The number of nitrogens with one attached hydrogen (secondary N) is 1. The Labute approximate surface area is 206 Å². The third-order valence-corrected chi connectivity index (χ3v) is 8.85. The first kappa shape index (κ1) is 22.8. The van der Waals surface area contributed by atoms with E-state index in [0.29, 0.717) is 36.1 Å². The molecular formula is C26H36N6O3. The molecule has 1 aromatic heterocycles. The maximum Gasteiger partial charge on any atom is 0.317 e. The number of ether oxygens (including phenoxy) is 1. The maximum atomic E-state index is 13.0. The quantitative estimate of drug-likeness (QED) is 0.659. The van der Waals surface area contributed by atoms with Gasteiger partial charge in [0.2, 0.25) is 5.82 Å². The first-order chi connectivity index (χ1) is 16.9. The van der Waals surface area contributed by atoms with Crippen molar-refractivity contribution in [2.75, 3.05) is 19.7 Å². The van der Waals surface area contributed by atoms with Gasteiger partial charge in [0.15, 0.2) is 0 Å². The molecule has 2 amide bonds. The van der Waals surface area contributed by atoms with Crippen molar-refractivity contribution in [2.24, 2.45) is 30.7 Å². The van der Waals surface area contributed by atoms with E-state index in [-0.39, 0.29) is 12.1 Å². The lowest BCUT2D eigenvalue weighted by molar-refractivity contribution is -0.137. The summed E-state index contributed by atoms with van der Waals surface area (Å²) in [5, 5.41) is 26.3. The van der Waals surface area contributed by atoms with Crippen molar-refractivity contribution in [3.05, 3.63) is 24.3 Å². The third-order valence-electron chi connectivity index (χ3n) is 8.85. The number of aromatic nitrogens is 4. The highest BCUT2D eigenvalue weighted by molar-refractivity contribution is 5.74. The van der Waals surface area contributed by atoms with Crippen LogP contribution in [0.1, 0.15) is 51.4 Å². The fourth-order valence-corrected chi connectivity index (χ4v) is 7.32. The Bertz CT molecular complexity index is 1030. The molecule has 4 bridgehead atoms. The second-order valence-corrected chi connectivity index (χ2v) is 11.4. The van der Waals surface area contributed by atoms with Gasteiger partial charge in [0.25, 0.3) is 0 Å². The summed E-state index contributed by atoms with van der Waals surface area (Å²) in [7, 11) is 1.75. The van der Waals surface area contributed by atoms with E-state index in [1.807, 2.05) is 29.2 Å². The highest BCUT2D eigenvalue weighted by Gasteiger charge is 2.55. The molecule has 188 valence electrons. The molecule has 1 aliphatic heterocycles. The number of aryl methyl sites for hydroxylation is 1. The second kappa shape index (κ2) is 9.08. The Kier molecular flexibility index (Phi) is 5.90. The topological polar surface area (TPSA) is 105 Å². The maximum absolute atomic E-state index is 13.0. The number of tetrazole rings is 1. The molecule has 5 atom stereocenters. The number of hydrogen-bond acceptors (Lipinski definition) is 6. The van der Waals surface area contributed by atoms with Gasteiger partial charge < -0.3 is 20.1 Å². The molecule has 4 unspecified atom stereocenters. The van der Waals surface area contributed by atoms with E-state index in [0.717, 1.165) is 62.9 Å². The largest absolute Gasteiger partial charge is 0.494 e. The van der Waals surface area contributed by atoms with Crippen LogP contribution in [0.5, 0.6) is 5.75 Å². The zero-order valence-corrected chi connectivity index (χ0v) is 20.5. The Morgan fingerprint density at radius 1 is 1.14 bits per heavy atom. The summed E-state index contributed by atoms with van der Waals surface area (Å²) in [4.78, 5) is 16.5. The van der Waals surface area contributed by atoms with Gasteiger partial charge in [-0.1, -0.05) is 0 Å². The molecule has 0 spiro atoms. The minimum Gasteiger partial charge on any atom is -0.494 e. The number of hydrogen-bond donors (Lipinski definition) is 2. The molecule has 5 aliphatic rings. The lowest BCUT2D eigenvalue weighted by Gasteiger charge is -2.58. The van der Waals surface area contributed by atoms with Crippen LogP contribution in [0.3, 0.4) is 0 Å². The minimum absolute atomic E-state index is 0.0989. The van der Waals surface area contributed by atoms with Crippen molar-refractivity contribution in [3.8, 4) is 17.1 Å². The number of piperidine rings is 1. The fourth-order valence-electron chi connectivity index (χ4n) is 7.32. The number of benzene rings is 1. The number of nitrogens with zero attached hydrogens (tertiary/aromatic N) is 5. The van der Waals surface area contributed by atoms with Gasteiger partial charge >= 0.3 is 6.03 Å². The molecule has 9 nitrogen and oxygen atoms in total. The monoisotopic (exact) mass is 480 g/mol. The Morgan fingerprint density at radius 3 is 2.49 bits per heavy atom. The summed E-state index contributed by atoms with van der Waals surface area (Å²) in [6, 6.07) is 8.15. The summed E-state index contributed by atoms with van der Waals surface area (Å²) in [5.74, 6) is 3.60. The number of carbonyl (C=O) groups is 1. The van der Waals surface area contributed by atoms with E-state index in [4.69, 9.17) is 4.74 Å². The van der Waals surface area contributed by atoms with Gasteiger partial charge in [0, 0.05) is 24.7 Å². The SMILES string of the molecule is Cn1nnc(-c2ccc(OCCC3CCN(C(=O)NC4C5CC6C[C@H]4CC(O)(C6)C5)CC3)cc2)n1. The summed E-state index contributed by atoms with van der Waals surface area (Å²) in [6.45, 7) is 2.30. The first-order valence-corrected chi connectivity index (χ1v) is 13.2. The van der Waals surface area contributed by atoms with Gasteiger partial charge in [-0.15, -0.1) is 10.2 Å². The van der Waals surface area contributed by atoms with Crippen molar-refractivity contribution in [1.29, 1.82) is 0 Å². The van der Waals surface area contributed by atoms with Crippen molar-refractivity contribution < 1.29 is 14.6 Å². The minimum atomic E-state index is -0.450. The lowest BCUT2D eigenvalue weighted by Crippen LogP contribution is -2.63. The molecule has 7 rings (SSSR count). The van der Waals surface area contributed by atoms with Crippen LogP contribution in [0.15, 0.2) is 24.3 Å². The van der Waals surface area contributed by atoms with Crippen LogP contribution in [-0.2, 0) is 7.05 Å². The van der Waals surface area contributed by atoms with Crippen LogP contribution in [0.25, 0.3) is 11.4 Å². The summed E-state index contributed by atoms with van der Waals surface area (Å²) < 4.78 is 5.97. The predicted molar refractivity (Wildman–Crippen MR) is 129 cm³/mol. The van der Waals surface area contributed by atoms with E-state index in [9.17, 15) is 9.90 Å². The molecular weight excluding hydrogens is 444 g/mol. The zero-order chi connectivity index (χ0) is 24.0. The molecule has 1 saturated heterocycles. The van der Waals surface area contributed by atoms with Crippen molar-refractivity contribution >= 4 is 6.03 Å². The first-order valence-electron chi connectivity index (χ1n) is 13.2. The number of likely N-dealkylation sites (tertiary alicyclic amines) is 1. The Hall–Kier alpha value is -2.68. The molecule has 9 heteroatoms. The van der Waals surface area contributed by atoms with E-state index < -0.39 is 5.60 Å². The van der Waals surface area contributed by atoms with Crippen molar-refractivity contribution in [2.45, 2.75) is 63.0 Å². The highest BCUT2D eigenvalue weighted by Crippen LogP contribution is 2.55. The average Bonchev–Trinajstić information content (AvgIpc) is 3.27. The Balaban J connectivity index is 0.927. The van der Waals surface area contributed by atoms with E-state index in [1.54, 1.807) is 7.05 Å². The zero-order valence-electron chi connectivity index (χ0n) is 20.5. The second-order valence-electron chi connectivity index (χ2n) is 11.4. The fraction of sp³-hybridized carbons (Fsp3) is 0.692. The van der Waals surface area contributed by atoms with E-state index >= 15 is 0 Å². The third kappa shape index (κ3) is 4.75. The van der Waals surface area contributed by atoms with Crippen LogP contribution in [0.4, 0.5) is 4.79 Å². The van der Waals surface area contributed by atoms with Gasteiger partial charge in [-0.2, -0.15) is 4.80 Å².